The van der Waals surface area contributed by atoms with Gasteiger partial charge in [0.25, 0.3) is 0 Å². The Bertz CT molecular complexity index is 1050. The van der Waals surface area contributed by atoms with Crippen LogP contribution in [-0.4, -0.2) is 13.0 Å². The van der Waals surface area contributed by atoms with Gasteiger partial charge in [-0.25, -0.2) is 4.39 Å². The molecule has 0 aliphatic heterocycles. The number of nitrogens with one attached hydrogen (secondary N) is 1. The monoisotopic (exact) mass is 470 g/mol. The molecule has 4 rings (SSSR count). The van der Waals surface area contributed by atoms with Crippen LogP contribution in [0.4, 0.5) is 14.5 Å². The van der Waals surface area contributed by atoms with Gasteiger partial charge in [0.1, 0.15) is 0 Å². The van der Waals surface area contributed by atoms with E-state index in [1.54, 1.807) is 0 Å². The average Bonchev–Trinajstić information content (AvgIpc) is 2.87. The summed E-state index contributed by atoms with van der Waals surface area (Å²) in [6.07, 6.45) is 4.19. The largest absolute Gasteiger partial charge is 0.494 e. The van der Waals surface area contributed by atoms with Crippen LogP contribution in [-0.2, 0) is 4.79 Å². The van der Waals surface area contributed by atoms with E-state index < -0.39 is 11.6 Å². The van der Waals surface area contributed by atoms with Gasteiger partial charge in [-0.05, 0) is 73.0 Å². The van der Waals surface area contributed by atoms with Crippen LogP contribution >= 0.6 is 11.9 Å². The zero-order chi connectivity index (χ0) is 23.6. The molecule has 0 saturated heterocycles. The predicted molar refractivity (Wildman–Crippen MR) is 129 cm³/mol. The molecular formula is C26H28F2N2O2S. The molecule has 0 aromatic heterocycles. The summed E-state index contributed by atoms with van der Waals surface area (Å²) in [5, 5.41) is 8.63. The fraction of sp³-hybridized carbons (Fsp3) is 0.269. The van der Waals surface area contributed by atoms with Crippen LogP contribution in [0, 0.1) is 17.6 Å². The van der Waals surface area contributed by atoms with Crippen molar-refractivity contribution in [1.82, 2.24) is 0 Å². The number of hydrogen-bond acceptors (Lipinski definition) is 4. The maximum atomic E-state index is 12.6. The van der Waals surface area contributed by atoms with Gasteiger partial charge < -0.3 is 10.1 Å². The lowest BCUT2D eigenvalue weighted by Crippen LogP contribution is -2.27. The van der Waals surface area contributed by atoms with Crippen LogP contribution in [0.5, 0.6) is 5.75 Å². The number of nitrogens with two attached hydrogens (primary N) is 1. The van der Waals surface area contributed by atoms with Gasteiger partial charge in [0.2, 0.25) is 11.7 Å². The molecule has 7 heteroatoms. The van der Waals surface area contributed by atoms with E-state index in [0.717, 1.165) is 35.9 Å². The third kappa shape index (κ3) is 7.04. The summed E-state index contributed by atoms with van der Waals surface area (Å²) in [4.78, 5) is 13.5. The van der Waals surface area contributed by atoms with Crippen molar-refractivity contribution < 1.29 is 18.3 Å². The molecule has 1 aliphatic carbocycles. The van der Waals surface area contributed by atoms with Crippen molar-refractivity contribution in [2.75, 3.05) is 12.4 Å². The van der Waals surface area contributed by atoms with E-state index in [2.05, 4.69) is 34.3 Å². The quantitative estimate of drug-likeness (QED) is 0.416. The first kappa shape index (κ1) is 24.7. The standard InChI is InChI=1S/C19H22N2OS.C7H6F2O/c20-23-18-11-5-10-17(13-18)21-19(22)16-9-4-8-15(12-16)14-6-2-1-3-7-14;1-10-6-4-2-3-5(8)7(6)9/h1-3,5-7,10-11,13,15-16H,4,8-9,12,20H2,(H,21,22);2-4H,1H3. The van der Waals surface area contributed by atoms with Crippen LogP contribution in [0.1, 0.15) is 37.2 Å². The first-order valence-electron chi connectivity index (χ1n) is 10.8. The first-order valence-corrected chi connectivity index (χ1v) is 11.7. The summed E-state index contributed by atoms with van der Waals surface area (Å²) < 4.78 is 29.3. The van der Waals surface area contributed by atoms with Gasteiger partial charge in [-0.2, -0.15) is 4.39 Å². The fourth-order valence-electron chi connectivity index (χ4n) is 3.99. The first-order chi connectivity index (χ1) is 16.0. The lowest BCUT2D eigenvalue weighted by molar-refractivity contribution is -0.120. The Labute approximate surface area is 197 Å². The van der Waals surface area contributed by atoms with Crippen LogP contribution in [0.25, 0.3) is 0 Å². The van der Waals surface area contributed by atoms with Gasteiger partial charge in [0, 0.05) is 16.5 Å². The number of amides is 1. The minimum atomic E-state index is -0.940. The van der Waals surface area contributed by atoms with Gasteiger partial charge >= 0.3 is 0 Å². The summed E-state index contributed by atoms with van der Waals surface area (Å²) in [6, 6.07) is 22.0. The Morgan fingerprint density at radius 3 is 2.48 bits per heavy atom. The molecule has 1 aliphatic rings. The van der Waals surface area contributed by atoms with Crippen molar-refractivity contribution in [3.05, 3.63) is 90.0 Å². The van der Waals surface area contributed by atoms with Gasteiger partial charge in [0.15, 0.2) is 11.6 Å². The van der Waals surface area contributed by atoms with Gasteiger partial charge in [0.05, 0.1) is 7.11 Å². The molecule has 0 heterocycles. The summed E-state index contributed by atoms with van der Waals surface area (Å²) >= 11 is 1.19. The molecule has 3 N–H and O–H groups in total. The van der Waals surface area contributed by atoms with Crippen molar-refractivity contribution in [3.63, 3.8) is 0 Å². The number of methoxy groups -OCH3 is 1. The smallest absolute Gasteiger partial charge is 0.227 e. The summed E-state index contributed by atoms with van der Waals surface area (Å²) in [5.74, 6) is -1.19. The van der Waals surface area contributed by atoms with E-state index in [1.807, 2.05) is 30.3 Å². The molecule has 2 unspecified atom stereocenters. The van der Waals surface area contributed by atoms with Crippen molar-refractivity contribution in [2.24, 2.45) is 11.1 Å². The molecule has 0 spiro atoms. The van der Waals surface area contributed by atoms with Crippen molar-refractivity contribution in [3.8, 4) is 5.75 Å². The Balaban J connectivity index is 0.000000257. The highest BCUT2D eigenvalue weighted by Gasteiger charge is 2.28. The Morgan fingerprint density at radius 1 is 1.03 bits per heavy atom. The van der Waals surface area contributed by atoms with Crippen LogP contribution in [0.3, 0.4) is 0 Å². The zero-order valence-corrected chi connectivity index (χ0v) is 19.3. The molecule has 3 aromatic carbocycles. The number of hydrogen-bond donors (Lipinski definition) is 2. The molecule has 1 amide bonds. The maximum Gasteiger partial charge on any atom is 0.227 e. The highest BCUT2D eigenvalue weighted by Crippen LogP contribution is 2.36. The summed E-state index contributed by atoms with van der Waals surface area (Å²) in [5.41, 5.74) is 2.18. The van der Waals surface area contributed by atoms with Gasteiger partial charge in [-0.15, -0.1) is 0 Å². The van der Waals surface area contributed by atoms with Crippen LogP contribution < -0.4 is 15.2 Å². The maximum absolute atomic E-state index is 12.6. The van der Waals surface area contributed by atoms with E-state index in [9.17, 15) is 13.6 Å². The second-order valence-electron chi connectivity index (χ2n) is 7.86. The third-order valence-corrected chi connectivity index (χ3v) is 6.22. The van der Waals surface area contributed by atoms with E-state index >= 15 is 0 Å². The normalized spacial score (nSPS) is 17.5. The van der Waals surface area contributed by atoms with E-state index in [0.29, 0.717) is 5.92 Å². The lowest BCUT2D eigenvalue weighted by atomic mass is 9.77. The number of benzene rings is 3. The number of ether oxygens (including phenoxy) is 1. The predicted octanol–water partition coefficient (Wildman–Crippen LogP) is 6.54. The van der Waals surface area contributed by atoms with Crippen molar-refractivity contribution in [2.45, 2.75) is 36.5 Å². The molecule has 174 valence electrons. The van der Waals surface area contributed by atoms with E-state index in [1.165, 1.54) is 43.2 Å². The van der Waals surface area contributed by atoms with Crippen molar-refractivity contribution >= 4 is 23.5 Å². The number of anilines is 1. The fourth-order valence-corrected chi connectivity index (χ4v) is 4.34. The van der Waals surface area contributed by atoms with Crippen LogP contribution in [0.15, 0.2) is 77.7 Å². The van der Waals surface area contributed by atoms with E-state index in [-0.39, 0.29) is 17.6 Å². The Hall–Kier alpha value is -2.90. The minimum Gasteiger partial charge on any atom is -0.494 e. The molecule has 33 heavy (non-hydrogen) atoms. The molecule has 0 bridgehead atoms. The Kier molecular flexibility index (Phi) is 9.27. The molecular weight excluding hydrogens is 442 g/mol. The highest BCUT2D eigenvalue weighted by molar-refractivity contribution is 7.97. The number of rotatable bonds is 5. The molecule has 4 nitrogen and oxygen atoms in total. The molecule has 1 fully saturated rings. The SMILES string of the molecule is COc1cccc(F)c1F.NSc1cccc(NC(=O)C2CCCC(c3ccccc3)C2)c1. The van der Waals surface area contributed by atoms with Gasteiger partial charge in [-0.3, -0.25) is 9.93 Å². The second kappa shape index (κ2) is 12.4. The summed E-state index contributed by atoms with van der Waals surface area (Å²) in [7, 11) is 1.29. The number of carbonyl (C=O) groups excluding carboxylic acids is 1. The zero-order valence-electron chi connectivity index (χ0n) is 18.5. The van der Waals surface area contributed by atoms with Crippen LogP contribution in [0.2, 0.25) is 0 Å². The highest BCUT2D eigenvalue weighted by atomic mass is 32.2. The second-order valence-corrected chi connectivity index (χ2v) is 8.57. The van der Waals surface area contributed by atoms with E-state index in [4.69, 9.17) is 5.14 Å². The topological polar surface area (TPSA) is 64.3 Å². The average molecular weight is 471 g/mol. The molecule has 0 radical (unpaired) electrons. The molecule has 1 saturated carbocycles. The number of carbonyl (C=O) groups is 1. The third-order valence-electron chi connectivity index (χ3n) is 5.69. The molecule has 2 atom stereocenters. The van der Waals surface area contributed by atoms with Crippen molar-refractivity contribution in [1.29, 1.82) is 0 Å². The summed E-state index contributed by atoms with van der Waals surface area (Å²) in [6.45, 7) is 0. The molecule has 3 aromatic rings. The Morgan fingerprint density at radius 2 is 1.79 bits per heavy atom. The lowest BCUT2D eigenvalue weighted by Gasteiger charge is -2.28. The number of halogens is 2. The minimum absolute atomic E-state index is 0.0694. The van der Waals surface area contributed by atoms with Gasteiger partial charge in [-0.1, -0.05) is 48.9 Å².